The quantitative estimate of drug-likeness (QED) is 0.414. The van der Waals surface area contributed by atoms with Gasteiger partial charge in [-0.15, -0.1) is 0 Å². The minimum Gasteiger partial charge on any atom is -0.361 e. The zero-order valence-electron chi connectivity index (χ0n) is 24.7. The summed E-state index contributed by atoms with van der Waals surface area (Å²) in [6, 6.07) is 16.2. The molecule has 7 heteroatoms. The first-order chi connectivity index (χ1) is 19.2. The standard InChI is InChI=1S/C33H45N5O2/c1-23(2)38(21-20-36(4)5)32(40)35-30(24(3)27-22-34-29-13-9-7-11-26(27)29)31(39)37-18-16-33(17-19-37)15-14-25-10-6-8-12-28(25)33/h6-13,22-24,30,34H,14-21H2,1-5H3,(H,35,40). The van der Waals surface area contributed by atoms with Crippen LogP contribution >= 0.6 is 0 Å². The number of nitrogens with zero attached hydrogens (tertiary/aromatic N) is 3. The van der Waals surface area contributed by atoms with Crippen LogP contribution in [-0.4, -0.2) is 84.0 Å². The number of carbonyl (C=O) groups is 2. The number of para-hydroxylation sites is 1. The first kappa shape index (κ1) is 28.2. The van der Waals surface area contributed by atoms with E-state index in [4.69, 9.17) is 0 Å². The summed E-state index contributed by atoms with van der Waals surface area (Å²) in [6.07, 6.45) is 6.22. The van der Waals surface area contributed by atoms with Gasteiger partial charge in [0.25, 0.3) is 0 Å². The molecule has 3 aromatic rings. The number of hydrogen-bond donors (Lipinski definition) is 2. The van der Waals surface area contributed by atoms with Gasteiger partial charge in [0.15, 0.2) is 0 Å². The molecule has 7 nitrogen and oxygen atoms in total. The van der Waals surface area contributed by atoms with Crippen molar-refractivity contribution in [3.05, 3.63) is 71.4 Å². The minimum atomic E-state index is -0.655. The monoisotopic (exact) mass is 543 g/mol. The molecule has 1 fully saturated rings. The van der Waals surface area contributed by atoms with Crippen molar-refractivity contribution in [1.29, 1.82) is 0 Å². The first-order valence-electron chi connectivity index (χ1n) is 14.9. The molecule has 1 saturated heterocycles. The molecule has 1 aliphatic heterocycles. The highest BCUT2D eigenvalue weighted by molar-refractivity contribution is 5.90. The molecule has 5 rings (SSSR count). The van der Waals surface area contributed by atoms with Gasteiger partial charge in [0.05, 0.1) is 0 Å². The zero-order chi connectivity index (χ0) is 28.4. The molecule has 2 heterocycles. The number of aryl methyl sites for hydroxylation is 1. The Hall–Kier alpha value is -3.32. The number of piperidine rings is 1. The van der Waals surface area contributed by atoms with Crippen LogP contribution in [0.2, 0.25) is 0 Å². The average Bonchev–Trinajstić information content (AvgIpc) is 3.53. The van der Waals surface area contributed by atoms with Crippen LogP contribution in [0.4, 0.5) is 4.79 Å². The van der Waals surface area contributed by atoms with Crippen molar-refractivity contribution in [3.63, 3.8) is 0 Å². The third-order valence-corrected chi connectivity index (χ3v) is 9.32. The van der Waals surface area contributed by atoms with Crippen LogP contribution < -0.4 is 5.32 Å². The van der Waals surface area contributed by atoms with E-state index in [-0.39, 0.29) is 29.3 Å². The van der Waals surface area contributed by atoms with Gasteiger partial charge in [-0.05, 0) is 81.8 Å². The SMILES string of the molecule is CC(c1c[nH]c2ccccc12)C(NC(=O)N(CCN(C)C)C(C)C)C(=O)N1CCC2(CCc3ccccc32)CC1. The Morgan fingerprint density at radius 3 is 2.40 bits per heavy atom. The molecule has 1 aromatic heterocycles. The lowest BCUT2D eigenvalue weighted by Gasteiger charge is -2.42. The number of aromatic amines is 1. The van der Waals surface area contributed by atoms with E-state index < -0.39 is 6.04 Å². The van der Waals surface area contributed by atoms with Gasteiger partial charge in [-0.3, -0.25) is 4.79 Å². The molecular formula is C33H45N5O2. The number of amides is 3. The van der Waals surface area contributed by atoms with Crippen molar-refractivity contribution in [2.75, 3.05) is 40.3 Å². The van der Waals surface area contributed by atoms with Gasteiger partial charge >= 0.3 is 6.03 Å². The van der Waals surface area contributed by atoms with Crippen LogP contribution in [-0.2, 0) is 16.6 Å². The van der Waals surface area contributed by atoms with Crippen molar-refractivity contribution in [2.45, 2.75) is 69.9 Å². The fraction of sp³-hybridized carbons (Fsp3) is 0.515. The van der Waals surface area contributed by atoms with Crippen molar-refractivity contribution >= 4 is 22.8 Å². The van der Waals surface area contributed by atoms with E-state index in [1.807, 2.05) is 62.1 Å². The zero-order valence-corrected chi connectivity index (χ0v) is 24.7. The molecule has 0 radical (unpaired) electrons. The third kappa shape index (κ3) is 5.49. The number of benzene rings is 2. The maximum absolute atomic E-state index is 14.3. The highest BCUT2D eigenvalue weighted by Gasteiger charge is 2.43. The van der Waals surface area contributed by atoms with Crippen LogP contribution in [0.3, 0.4) is 0 Å². The van der Waals surface area contributed by atoms with Crippen molar-refractivity contribution in [3.8, 4) is 0 Å². The van der Waals surface area contributed by atoms with Gasteiger partial charge < -0.3 is 25.0 Å². The Morgan fingerprint density at radius 1 is 0.975 bits per heavy atom. The Balaban J connectivity index is 1.38. The summed E-state index contributed by atoms with van der Waals surface area (Å²) in [5, 5.41) is 4.31. The number of aromatic nitrogens is 1. The maximum Gasteiger partial charge on any atom is 0.318 e. The summed E-state index contributed by atoms with van der Waals surface area (Å²) in [7, 11) is 4.02. The molecule has 2 unspecified atom stereocenters. The number of carbonyl (C=O) groups excluding carboxylic acids is 2. The number of rotatable bonds is 8. The molecule has 1 spiro atoms. The number of H-pyrrole nitrogens is 1. The van der Waals surface area contributed by atoms with E-state index in [2.05, 4.69) is 52.5 Å². The molecular weight excluding hydrogens is 498 g/mol. The number of nitrogens with one attached hydrogen (secondary N) is 2. The molecule has 2 N–H and O–H groups in total. The van der Waals surface area contributed by atoms with Crippen LogP contribution in [0.1, 0.15) is 62.6 Å². The number of hydrogen-bond acceptors (Lipinski definition) is 3. The Morgan fingerprint density at radius 2 is 1.68 bits per heavy atom. The number of likely N-dealkylation sites (N-methyl/N-ethyl adjacent to an activating group) is 1. The second kappa shape index (κ2) is 11.7. The second-order valence-electron chi connectivity index (χ2n) is 12.4. The lowest BCUT2D eigenvalue weighted by atomic mass is 9.73. The molecule has 214 valence electrons. The van der Waals surface area contributed by atoms with Gasteiger partial charge in [0.1, 0.15) is 6.04 Å². The third-order valence-electron chi connectivity index (χ3n) is 9.32. The predicted octanol–water partition coefficient (Wildman–Crippen LogP) is 5.13. The van der Waals surface area contributed by atoms with Gasteiger partial charge in [0, 0.05) is 55.2 Å². The second-order valence-corrected chi connectivity index (χ2v) is 12.4. The van der Waals surface area contributed by atoms with E-state index in [0.717, 1.165) is 48.7 Å². The highest BCUT2D eigenvalue weighted by Crippen LogP contribution is 2.46. The van der Waals surface area contributed by atoms with Crippen LogP contribution in [0.15, 0.2) is 54.7 Å². The fourth-order valence-corrected chi connectivity index (χ4v) is 6.80. The fourth-order valence-electron chi connectivity index (χ4n) is 6.80. The topological polar surface area (TPSA) is 71.7 Å². The molecule has 40 heavy (non-hydrogen) atoms. The van der Waals surface area contributed by atoms with Gasteiger partial charge in [-0.25, -0.2) is 4.79 Å². The van der Waals surface area contributed by atoms with Crippen LogP contribution in [0.25, 0.3) is 10.9 Å². The van der Waals surface area contributed by atoms with Crippen molar-refractivity contribution in [1.82, 2.24) is 25.0 Å². The Bertz CT molecular complexity index is 1340. The largest absolute Gasteiger partial charge is 0.361 e. The molecule has 0 bridgehead atoms. The Labute approximate surface area is 238 Å². The number of likely N-dealkylation sites (tertiary alicyclic amines) is 1. The summed E-state index contributed by atoms with van der Waals surface area (Å²) in [6.45, 7) is 8.92. The van der Waals surface area contributed by atoms with Gasteiger partial charge in [-0.2, -0.15) is 0 Å². The number of urea groups is 1. The maximum atomic E-state index is 14.3. The van der Waals surface area contributed by atoms with Crippen molar-refractivity contribution < 1.29 is 9.59 Å². The summed E-state index contributed by atoms with van der Waals surface area (Å²) in [5.41, 5.74) is 5.21. The summed E-state index contributed by atoms with van der Waals surface area (Å²) < 4.78 is 0. The normalized spacial score (nSPS) is 17.8. The molecule has 2 aromatic carbocycles. The average molecular weight is 544 g/mol. The molecule has 1 aliphatic carbocycles. The van der Waals surface area contributed by atoms with E-state index in [0.29, 0.717) is 19.6 Å². The summed E-state index contributed by atoms with van der Waals surface area (Å²) in [5.74, 6) is -0.179. The highest BCUT2D eigenvalue weighted by atomic mass is 16.2. The summed E-state index contributed by atoms with van der Waals surface area (Å²) in [4.78, 5) is 37.3. The van der Waals surface area contributed by atoms with Gasteiger partial charge in [0.2, 0.25) is 5.91 Å². The van der Waals surface area contributed by atoms with Gasteiger partial charge in [-0.1, -0.05) is 49.4 Å². The number of fused-ring (bicyclic) bond motifs is 3. The predicted molar refractivity (Wildman–Crippen MR) is 162 cm³/mol. The summed E-state index contributed by atoms with van der Waals surface area (Å²) >= 11 is 0. The van der Waals surface area contributed by atoms with Crippen LogP contribution in [0.5, 0.6) is 0 Å². The lowest BCUT2D eigenvalue weighted by Crippen LogP contribution is -2.57. The first-order valence-corrected chi connectivity index (χ1v) is 14.9. The lowest BCUT2D eigenvalue weighted by molar-refractivity contribution is -0.135. The molecule has 2 aliphatic rings. The van der Waals surface area contributed by atoms with E-state index in [1.165, 1.54) is 11.1 Å². The smallest absolute Gasteiger partial charge is 0.318 e. The minimum absolute atomic E-state index is 0.0172. The molecule has 0 saturated carbocycles. The van der Waals surface area contributed by atoms with E-state index >= 15 is 0 Å². The van der Waals surface area contributed by atoms with E-state index in [1.54, 1.807) is 0 Å². The van der Waals surface area contributed by atoms with E-state index in [9.17, 15) is 9.59 Å². The van der Waals surface area contributed by atoms with Crippen LogP contribution in [0, 0.1) is 0 Å². The Kier molecular flexibility index (Phi) is 8.22. The molecule has 2 atom stereocenters. The van der Waals surface area contributed by atoms with Crippen molar-refractivity contribution in [2.24, 2.45) is 0 Å². The molecule has 3 amide bonds.